The van der Waals surface area contributed by atoms with Crippen molar-refractivity contribution < 1.29 is 9.18 Å². The van der Waals surface area contributed by atoms with Crippen molar-refractivity contribution in [2.24, 2.45) is 0 Å². The number of thioether (sulfide) groups is 1. The first-order valence-corrected chi connectivity index (χ1v) is 7.76. The quantitative estimate of drug-likeness (QED) is 0.894. The summed E-state index contributed by atoms with van der Waals surface area (Å²) in [5.74, 6) is 0.538. The predicted octanol–water partition coefficient (Wildman–Crippen LogP) is 3.49. The van der Waals surface area contributed by atoms with Gasteiger partial charge in [0.1, 0.15) is 5.82 Å². The smallest absolute Gasteiger partial charge is 0.233 e. The SMILES string of the molecule is CC(SCc1ccc(F)cc1Br)C(=O)NC1CC1. The normalized spacial score (nSPS) is 16.4. The lowest BCUT2D eigenvalue weighted by atomic mass is 10.2. The number of rotatable bonds is 5. The van der Waals surface area contributed by atoms with E-state index in [1.807, 2.05) is 6.92 Å². The number of carbonyl (C=O) groups is 1. The van der Waals surface area contributed by atoms with Crippen LogP contribution in [0.2, 0.25) is 0 Å². The van der Waals surface area contributed by atoms with Gasteiger partial charge < -0.3 is 5.32 Å². The van der Waals surface area contributed by atoms with Crippen molar-refractivity contribution in [1.82, 2.24) is 5.32 Å². The van der Waals surface area contributed by atoms with Crippen molar-refractivity contribution >= 4 is 33.6 Å². The second-order valence-electron chi connectivity index (χ2n) is 4.47. The summed E-state index contributed by atoms with van der Waals surface area (Å²) in [7, 11) is 0. The highest BCUT2D eigenvalue weighted by atomic mass is 79.9. The summed E-state index contributed by atoms with van der Waals surface area (Å²) in [6.45, 7) is 1.90. The number of nitrogens with one attached hydrogen (secondary N) is 1. The fourth-order valence-corrected chi connectivity index (χ4v) is 3.05. The van der Waals surface area contributed by atoms with Gasteiger partial charge in [-0.25, -0.2) is 4.39 Å². The molecule has 0 spiro atoms. The van der Waals surface area contributed by atoms with Gasteiger partial charge in [0.2, 0.25) is 5.91 Å². The molecule has 0 bridgehead atoms. The van der Waals surface area contributed by atoms with Gasteiger partial charge in [0.25, 0.3) is 0 Å². The topological polar surface area (TPSA) is 29.1 Å². The van der Waals surface area contributed by atoms with Gasteiger partial charge in [-0.1, -0.05) is 22.0 Å². The number of amides is 1. The highest BCUT2D eigenvalue weighted by molar-refractivity contribution is 9.10. The second-order valence-corrected chi connectivity index (χ2v) is 6.66. The van der Waals surface area contributed by atoms with E-state index < -0.39 is 0 Å². The average molecular weight is 332 g/mol. The summed E-state index contributed by atoms with van der Waals surface area (Å²) in [5, 5.41) is 2.90. The number of halogens is 2. The molecule has 5 heteroatoms. The molecule has 1 aliphatic rings. The fraction of sp³-hybridized carbons (Fsp3) is 0.462. The van der Waals surface area contributed by atoms with E-state index >= 15 is 0 Å². The predicted molar refractivity (Wildman–Crippen MR) is 76.0 cm³/mol. The van der Waals surface area contributed by atoms with Crippen LogP contribution in [0, 0.1) is 5.82 Å². The Kier molecular flexibility index (Phi) is 4.67. The first-order valence-electron chi connectivity index (χ1n) is 5.92. The molecule has 2 rings (SSSR count). The van der Waals surface area contributed by atoms with Crippen molar-refractivity contribution in [1.29, 1.82) is 0 Å². The lowest BCUT2D eigenvalue weighted by molar-refractivity contribution is -0.120. The average Bonchev–Trinajstić information content (AvgIpc) is 3.11. The molecule has 1 aromatic rings. The zero-order chi connectivity index (χ0) is 13.1. The fourth-order valence-electron chi connectivity index (χ4n) is 1.48. The van der Waals surface area contributed by atoms with Gasteiger partial charge in [0.05, 0.1) is 5.25 Å². The molecule has 1 N–H and O–H groups in total. The van der Waals surface area contributed by atoms with Crippen molar-refractivity contribution in [3.8, 4) is 0 Å². The monoisotopic (exact) mass is 331 g/mol. The minimum absolute atomic E-state index is 0.0810. The van der Waals surface area contributed by atoms with E-state index in [-0.39, 0.29) is 17.0 Å². The van der Waals surface area contributed by atoms with Crippen LogP contribution >= 0.6 is 27.7 Å². The third-order valence-corrected chi connectivity index (χ3v) is 4.73. The maximum Gasteiger partial charge on any atom is 0.233 e. The van der Waals surface area contributed by atoms with Crippen molar-refractivity contribution in [2.45, 2.75) is 36.8 Å². The van der Waals surface area contributed by atoms with E-state index in [0.29, 0.717) is 11.8 Å². The summed E-state index contributed by atoms with van der Waals surface area (Å²) >= 11 is 4.89. The Bertz CT molecular complexity index is 451. The Morgan fingerprint density at radius 3 is 2.94 bits per heavy atom. The highest BCUT2D eigenvalue weighted by Gasteiger charge is 2.25. The van der Waals surface area contributed by atoms with Crippen molar-refractivity contribution in [3.63, 3.8) is 0 Å². The largest absolute Gasteiger partial charge is 0.352 e. The molecule has 1 atom stereocenters. The Balaban J connectivity index is 1.84. The summed E-state index contributed by atoms with van der Waals surface area (Å²) < 4.78 is 13.7. The van der Waals surface area contributed by atoms with Gasteiger partial charge in [-0.3, -0.25) is 4.79 Å². The maximum atomic E-state index is 12.9. The van der Waals surface area contributed by atoms with Crippen LogP contribution in [0.3, 0.4) is 0 Å². The van der Waals surface area contributed by atoms with Gasteiger partial charge in [0, 0.05) is 16.3 Å². The van der Waals surface area contributed by atoms with Crippen molar-refractivity contribution in [3.05, 3.63) is 34.1 Å². The first-order chi connectivity index (χ1) is 8.56. The van der Waals surface area contributed by atoms with Crippen LogP contribution in [0.25, 0.3) is 0 Å². The molecular weight excluding hydrogens is 317 g/mol. The summed E-state index contributed by atoms with van der Waals surface area (Å²) in [4.78, 5) is 11.8. The highest BCUT2D eigenvalue weighted by Crippen LogP contribution is 2.26. The number of benzene rings is 1. The lowest BCUT2D eigenvalue weighted by Gasteiger charge is -2.12. The Morgan fingerprint density at radius 2 is 2.33 bits per heavy atom. The van der Waals surface area contributed by atoms with E-state index in [1.165, 1.54) is 12.1 Å². The molecule has 98 valence electrons. The zero-order valence-corrected chi connectivity index (χ0v) is 12.5. The minimum atomic E-state index is -0.254. The molecule has 0 heterocycles. The molecule has 18 heavy (non-hydrogen) atoms. The molecule has 1 fully saturated rings. The number of hydrogen-bond donors (Lipinski definition) is 1. The maximum absolute atomic E-state index is 12.9. The van der Waals surface area contributed by atoms with Gasteiger partial charge in [-0.15, -0.1) is 11.8 Å². The van der Waals surface area contributed by atoms with Gasteiger partial charge in [-0.05, 0) is 37.5 Å². The van der Waals surface area contributed by atoms with Crippen LogP contribution < -0.4 is 5.32 Å². The third kappa shape index (κ3) is 3.99. The van der Waals surface area contributed by atoms with Gasteiger partial charge >= 0.3 is 0 Å². The van der Waals surface area contributed by atoms with E-state index in [2.05, 4.69) is 21.2 Å². The molecule has 0 aliphatic heterocycles. The standard InChI is InChI=1S/C13H15BrFNOS/c1-8(13(17)16-11-4-5-11)18-7-9-2-3-10(15)6-12(9)14/h2-3,6,8,11H,4-5,7H2,1H3,(H,16,17). The molecule has 0 saturated heterocycles. The number of carbonyl (C=O) groups excluding carboxylic acids is 1. The molecule has 0 aromatic heterocycles. The lowest BCUT2D eigenvalue weighted by Crippen LogP contribution is -2.32. The third-order valence-electron chi connectivity index (χ3n) is 2.80. The Morgan fingerprint density at radius 1 is 1.61 bits per heavy atom. The molecule has 2 nitrogen and oxygen atoms in total. The van der Waals surface area contributed by atoms with Crippen LogP contribution in [-0.4, -0.2) is 17.2 Å². The molecule has 1 unspecified atom stereocenters. The summed E-state index contributed by atoms with van der Waals surface area (Å²) in [6, 6.07) is 5.04. The Labute approximate surface area is 119 Å². The van der Waals surface area contributed by atoms with E-state index in [0.717, 1.165) is 22.9 Å². The zero-order valence-electron chi connectivity index (χ0n) is 10.1. The molecule has 1 aromatic carbocycles. The van der Waals surface area contributed by atoms with E-state index in [9.17, 15) is 9.18 Å². The Hall–Kier alpha value is -0.550. The minimum Gasteiger partial charge on any atom is -0.352 e. The van der Waals surface area contributed by atoms with E-state index in [4.69, 9.17) is 0 Å². The van der Waals surface area contributed by atoms with Crippen LogP contribution in [0.5, 0.6) is 0 Å². The van der Waals surface area contributed by atoms with Crippen LogP contribution in [0.4, 0.5) is 4.39 Å². The molecular formula is C13H15BrFNOS. The summed E-state index contributed by atoms with van der Waals surface area (Å²) in [6.07, 6.45) is 2.21. The molecule has 1 amide bonds. The molecule has 1 aliphatic carbocycles. The van der Waals surface area contributed by atoms with Crippen LogP contribution in [-0.2, 0) is 10.5 Å². The van der Waals surface area contributed by atoms with E-state index in [1.54, 1.807) is 17.8 Å². The second kappa shape index (κ2) is 6.06. The van der Waals surface area contributed by atoms with Gasteiger partial charge in [0.15, 0.2) is 0 Å². The van der Waals surface area contributed by atoms with Crippen LogP contribution in [0.15, 0.2) is 22.7 Å². The molecule has 0 radical (unpaired) electrons. The van der Waals surface area contributed by atoms with Gasteiger partial charge in [-0.2, -0.15) is 0 Å². The van der Waals surface area contributed by atoms with Crippen molar-refractivity contribution in [2.75, 3.05) is 0 Å². The molecule has 1 saturated carbocycles. The first kappa shape index (κ1) is 13.9. The summed E-state index contributed by atoms with van der Waals surface area (Å²) in [5.41, 5.74) is 1.01. The van der Waals surface area contributed by atoms with Crippen LogP contribution in [0.1, 0.15) is 25.3 Å². The number of hydrogen-bond acceptors (Lipinski definition) is 2.